The number of amides is 1. The Labute approximate surface area is 142 Å². The summed E-state index contributed by atoms with van der Waals surface area (Å²) in [4.78, 5) is 27.9. The molecule has 3 aromatic rings. The SMILES string of the molecule is O=C(Cn1nc(-c2ccccc2Cl)ccc1=O)Nc1ccncc1. The van der Waals surface area contributed by atoms with Crippen LogP contribution in [-0.2, 0) is 11.3 Å². The zero-order valence-corrected chi connectivity index (χ0v) is 13.3. The summed E-state index contributed by atoms with van der Waals surface area (Å²) in [7, 11) is 0. The predicted octanol–water partition coefficient (Wildman–Crippen LogP) is 2.60. The fraction of sp³-hybridized carbons (Fsp3) is 0.0588. The lowest BCUT2D eigenvalue weighted by molar-refractivity contribution is -0.117. The molecule has 0 atom stereocenters. The van der Waals surface area contributed by atoms with Crippen molar-refractivity contribution in [1.29, 1.82) is 0 Å². The first-order valence-electron chi connectivity index (χ1n) is 7.16. The summed E-state index contributed by atoms with van der Waals surface area (Å²) < 4.78 is 1.11. The highest BCUT2D eigenvalue weighted by Crippen LogP contribution is 2.24. The molecule has 0 saturated carbocycles. The van der Waals surface area contributed by atoms with E-state index < -0.39 is 0 Å². The second-order valence-electron chi connectivity index (χ2n) is 4.98. The highest BCUT2D eigenvalue weighted by molar-refractivity contribution is 6.33. The fourth-order valence-electron chi connectivity index (χ4n) is 2.15. The van der Waals surface area contributed by atoms with Gasteiger partial charge in [-0.1, -0.05) is 29.8 Å². The van der Waals surface area contributed by atoms with Crippen molar-refractivity contribution in [3.63, 3.8) is 0 Å². The Bertz CT molecular complexity index is 925. The van der Waals surface area contributed by atoms with Gasteiger partial charge in [-0.15, -0.1) is 0 Å². The molecule has 0 saturated heterocycles. The molecule has 0 aliphatic carbocycles. The van der Waals surface area contributed by atoms with Gasteiger partial charge in [-0.05, 0) is 24.3 Å². The van der Waals surface area contributed by atoms with Crippen molar-refractivity contribution in [2.24, 2.45) is 0 Å². The van der Waals surface area contributed by atoms with E-state index in [2.05, 4.69) is 15.4 Å². The van der Waals surface area contributed by atoms with E-state index >= 15 is 0 Å². The first-order valence-corrected chi connectivity index (χ1v) is 7.54. The average Bonchev–Trinajstić information content (AvgIpc) is 2.58. The Balaban J connectivity index is 1.83. The largest absolute Gasteiger partial charge is 0.324 e. The third kappa shape index (κ3) is 3.67. The molecular weight excluding hydrogens is 328 g/mol. The standard InChI is InChI=1S/C17H13ClN4O2/c18-14-4-2-1-3-13(14)15-5-6-17(24)22(21-15)11-16(23)20-12-7-9-19-10-8-12/h1-10H,11H2,(H,19,20,23). The molecule has 1 aromatic carbocycles. The molecule has 0 bridgehead atoms. The second kappa shape index (κ2) is 7.06. The summed E-state index contributed by atoms with van der Waals surface area (Å²) in [5, 5.41) is 7.44. The molecule has 6 nitrogen and oxygen atoms in total. The topological polar surface area (TPSA) is 76.9 Å². The number of benzene rings is 1. The summed E-state index contributed by atoms with van der Waals surface area (Å²) >= 11 is 6.15. The van der Waals surface area contributed by atoms with E-state index in [0.29, 0.717) is 22.0 Å². The van der Waals surface area contributed by atoms with Gasteiger partial charge in [-0.2, -0.15) is 5.10 Å². The number of hydrogen-bond donors (Lipinski definition) is 1. The van der Waals surface area contributed by atoms with Crippen molar-refractivity contribution >= 4 is 23.2 Å². The van der Waals surface area contributed by atoms with Crippen LogP contribution < -0.4 is 10.9 Å². The Morgan fingerprint density at radius 2 is 1.83 bits per heavy atom. The van der Waals surface area contributed by atoms with E-state index in [1.54, 1.807) is 42.7 Å². The molecule has 1 N–H and O–H groups in total. The maximum Gasteiger partial charge on any atom is 0.267 e. The minimum absolute atomic E-state index is 0.195. The summed E-state index contributed by atoms with van der Waals surface area (Å²) in [5.41, 5.74) is 1.46. The van der Waals surface area contributed by atoms with Crippen molar-refractivity contribution < 1.29 is 4.79 Å². The maximum absolute atomic E-state index is 12.1. The molecule has 0 aliphatic heterocycles. The molecule has 120 valence electrons. The highest BCUT2D eigenvalue weighted by Gasteiger charge is 2.10. The summed E-state index contributed by atoms with van der Waals surface area (Å²) in [6, 6.07) is 13.5. The van der Waals surface area contributed by atoms with Crippen LogP contribution in [0.3, 0.4) is 0 Å². The Morgan fingerprint density at radius 3 is 2.58 bits per heavy atom. The van der Waals surface area contributed by atoms with E-state index in [9.17, 15) is 9.59 Å². The van der Waals surface area contributed by atoms with Gasteiger partial charge in [0.05, 0.1) is 10.7 Å². The maximum atomic E-state index is 12.1. The van der Waals surface area contributed by atoms with Crippen molar-refractivity contribution in [2.75, 3.05) is 5.32 Å². The minimum Gasteiger partial charge on any atom is -0.324 e. The van der Waals surface area contributed by atoms with Gasteiger partial charge in [0.1, 0.15) is 6.54 Å². The molecule has 1 amide bonds. The molecule has 0 fully saturated rings. The number of carbonyl (C=O) groups excluding carboxylic acids is 1. The van der Waals surface area contributed by atoms with E-state index in [4.69, 9.17) is 11.6 Å². The summed E-state index contributed by atoms with van der Waals surface area (Å²) in [6.07, 6.45) is 3.14. The van der Waals surface area contributed by atoms with Gasteiger partial charge < -0.3 is 5.32 Å². The number of anilines is 1. The Hall–Kier alpha value is -2.99. The third-order valence-electron chi connectivity index (χ3n) is 3.27. The molecule has 0 spiro atoms. The van der Waals surface area contributed by atoms with Crippen LogP contribution in [0, 0.1) is 0 Å². The quantitative estimate of drug-likeness (QED) is 0.792. The lowest BCUT2D eigenvalue weighted by atomic mass is 10.1. The van der Waals surface area contributed by atoms with Crippen LogP contribution in [0.2, 0.25) is 5.02 Å². The molecule has 3 rings (SSSR count). The lowest BCUT2D eigenvalue weighted by Gasteiger charge is -2.09. The molecule has 24 heavy (non-hydrogen) atoms. The van der Waals surface area contributed by atoms with Gasteiger partial charge in [-0.25, -0.2) is 4.68 Å². The van der Waals surface area contributed by atoms with Crippen molar-refractivity contribution in [1.82, 2.24) is 14.8 Å². The van der Waals surface area contributed by atoms with E-state index in [0.717, 1.165) is 4.68 Å². The number of nitrogens with one attached hydrogen (secondary N) is 1. The molecule has 0 aliphatic rings. The van der Waals surface area contributed by atoms with Gasteiger partial charge in [0.25, 0.3) is 5.56 Å². The minimum atomic E-state index is -0.365. The fourth-order valence-corrected chi connectivity index (χ4v) is 2.38. The Morgan fingerprint density at radius 1 is 1.08 bits per heavy atom. The van der Waals surface area contributed by atoms with Crippen LogP contribution in [-0.4, -0.2) is 20.7 Å². The number of pyridine rings is 1. The molecule has 2 heterocycles. The zero-order chi connectivity index (χ0) is 16.9. The number of rotatable bonds is 4. The van der Waals surface area contributed by atoms with Crippen LogP contribution in [0.5, 0.6) is 0 Å². The molecular formula is C17H13ClN4O2. The van der Waals surface area contributed by atoms with E-state index in [1.165, 1.54) is 6.07 Å². The van der Waals surface area contributed by atoms with Gasteiger partial charge in [0.15, 0.2) is 0 Å². The van der Waals surface area contributed by atoms with E-state index in [-0.39, 0.29) is 18.0 Å². The van der Waals surface area contributed by atoms with Crippen LogP contribution in [0.4, 0.5) is 5.69 Å². The average molecular weight is 341 g/mol. The number of carbonyl (C=O) groups is 1. The first-order chi connectivity index (χ1) is 11.6. The van der Waals surface area contributed by atoms with Gasteiger partial charge in [0, 0.05) is 29.7 Å². The molecule has 0 unspecified atom stereocenters. The van der Waals surface area contributed by atoms with Crippen molar-refractivity contribution in [3.8, 4) is 11.3 Å². The number of halogens is 1. The smallest absolute Gasteiger partial charge is 0.267 e. The third-order valence-corrected chi connectivity index (χ3v) is 3.60. The molecule has 7 heteroatoms. The number of hydrogen-bond acceptors (Lipinski definition) is 4. The predicted molar refractivity (Wildman–Crippen MR) is 91.8 cm³/mol. The summed E-state index contributed by atoms with van der Waals surface area (Å²) in [5.74, 6) is -0.355. The van der Waals surface area contributed by atoms with Gasteiger partial charge >= 0.3 is 0 Å². The van der Waals surface area contributed by atoms with Crippen LogP contribution in [0.15, 0.2) is 65.7 Å². The van der Waals surface area contributed by atoms with Gasteiger partial charge in [-0.3, -0.25) is 14.6 Å². The molecule has 0 radical (unpaired) electrons. The zero-order valence-electron chi connectivity index (χ0n) is 12.5. The van der Waals surface area contributed by atoms with Crippen LogP contribution in [0.1, 0.15) is 0 Å². The summed E-state index contributed by atoms with van der Waals surface area (Å²) in [6.45, 7) is -0.195. The van der Waals surface area contributed by atoms with Crippen LogP contribution >= 0.6 is 11.6 Å². The molecule has 2 aromatic heterocycles. The van der Waals surface area contributed by atoms with Crippen molar-refractivity contribution in [2.45, 2.75) is 6.54 Å². The van der Waals surface area contributed by atoms with Crippen LogP contribution in [0.25, 0.3) is 11.3 Å². The highest BCUT2D eigenvalue weighted by atomic mass is 35.5. The van der Waals surface area contributed by atoms with Crippen molar-refractivity contribution in [3.05, 3.63) is 76.3 Å². The second-order valence-corrected chi connectivity index (χ2v) is 5.39. The van der Waals surface area contributed by atoms with E-state index in [1.807, 2.05) is 12.1 Å². The lowest BCUT2D eigenvalue weighted by Crippen LogP contribution is -2.29. The Kier molecular flexibility index (Phi) is 4.67. The monoisotopic (exact) mass is 340 g/mol. The first kappa shape index (κ1) is 15.9. The normalized spacial score (nSPS) is 10.4. The number of aromatic nitrogens is 3. The van der Waals surface area contributed by atoms with Gasteiger partial charge in [0.2, 0.25) is 5.91 Å². The number of nitrogens with zero attached hydrogens (tertiary/aromatic N) is 3.